The van der Waals surface area contributed by atoms with E-state index in [1.165, 1.54) is 4.57 Å². The zero-order valence-corrected chi connectivity index (χ0v) is 19.5. The fraction of sp³-hybridized carbons (Fsp3) is 0.320. The molecular weight excluding hydrogens is 432 g/mol. The van der Waals surface area contributed by atoms with Gasteiger partial charge in [0.15, 0.2) is 11.5 Å². The van der Waals surface area contributed by atoms with Crippen molar-refractivity contribution in [1.82, 2.24) is 29.8 Å². The van der Waals surface area contributed by atoms with Crippen molar-refractivity contribution in [3.05, 3.63) is 76.0 Å². The summed E-state index contributed by atoms with van der Waals surface area (Å²) in [6.45, 7) is 6.60. The van der Waals surface area contributed by atoms with Crippen LogP contribution in [0.2, 0.25) is 0 Å². The van der Waals surface area contributed by atoms with E-state index in [0.717, 1.165) is 28.7 Å². The van der Waals surface area contributed by atoms with Gasteiger partial charge in [-0.15, -0.1) is 5.10 Å². The Balaban J connectivity index is 1.69. The van der Waals surface area contributed by atoms with Crippen molar-refractivity contribution in [2.45, 2.75) is 46.7 Å². The van der Waals surface area contributed by atoms with Crippen molar-refractivity contribution in [2.75, 3.05) is 0 Å². The van der Waals surface area contributed by atoms with Crippen LogP contribution in [0.3, 0.4) is 0 Å². The lowest BCUT2D eigenvalue weighted by molar-refractivity contribution is 0.0683. The lowest BCUT2D eigenvalue weighted by Crippen LogP contribution is -2.26. The van der Waals surface area contributed by atoms with Crippen LogP contribution >= 0.6 is 0 Å². The minimum absolute atomic E-state index is 0.0966. The van der Waals surface area contributed by atoms with E-state index in [9.17, 15) is 14.7 Å². The second-order valence-corrected chi connectivity index (χ2v) is 8.64. The van der Waals surface area contributed by atoms with E-state index in [2.05, 4.69) is 34.5 Å². The summed E-state index contributed by atoms with van der Waals surface area (Å²) in [6.07, 6.45) is 1.35. The average molecular weight is 461 g/mol. The molecule has 0 fully saturated rings. The van der Waals surface area contributed by atoms with Gasteiger partial charge in [0, 0.05) is 12.1 Å². The number of aromatic nitrogens is 6. The highest BCUT2D eigenvalue weighted by Crippen LogP contribution is 2.30. The SMILES string of the molecule is CCn1c(C(=O)O)c(CCC(C)C)n(Cc2ccc(-c3ccccc3-c3nnn[nH]3)cc2)c1=O. The summed E-state index contributed by atoms with van der Waals surface area (Å²) in [5.74, 6) is -0.0810. The number of hydrogen-bond acceptors (Lipinski definition) is 5. The number of carboxylic acids is 1. The van der Waals surface area contributed by atoms with Crippen LogP contribution in [0.15, 0.2) is 53.3 Å². The van der Waals surface area contributed by atoms with Crippen molar-refractivity contribution in [1.29, 1.82) is 0 Å². The minimum Gasteiger partial charge on any atom is -0.477 e. The molecule has 0 atom stereocenters. The molecule has 0 saturated carbocycles. The van der Waals surface area contributed by atoms with Gasteiger partial charge in [0.25, 0.3) is 0 Å². The summed E-state index contributed by atoms with van der Waals surface area (Å²) in [7, 11) is 0. The number of benzene rings is 2. The second kappa shape index (κ2) is 9.86. The highest BCUT2D eigenvalue weighted by molar-refractivity contribution is 5.87. The zero-order valence-electron chi connectivity index (χ0n) is 19.5. The first-order chi connectivity index (χ1) is 16.4. The van der Waals surface area contributed by atoms with E-state index in [1.807, 2.05) is 48.5 Å². The average Bonchev–Trinajstić information content (AvgIpc) is 3.45. The Morgan fingerprint density at radius 1 is 1.06 bits per heavy atom. The maximum Gasteiger partial charge on any atom is 0.354 e. The zero-order chi connectivity index (χ0) is 24.2. The highest BCUT2D eigenvalue weighted by atomic mass is 16.4. The number of rotatable bonds is 9. The second-order valence-electron chi connectivity index (χ2n) is 8.64. The molecule has 2 aromatic carbocycles. The molecule has 2 aromatic heterocycles. The summed E-state index contributed by atoms with van der Waals surface area (Å²) in [5, 5.41) is 24.0. The molecule has 0 aliphatic carbocycles. The molecule has 0 saturated heterocycles. The summed E-state index contributed by atoms with van der Waals surface area (Å²) in [6, 6.07) is 15.8. The number of aromatic carboxylic acids is 1. The van der Waals surface area contributed by atoms with Gasteiger partial charge in [-0.1, -0.05) is 62.4 Å². The van der Waals surface area contributed by atoms with Crippen LogP contribution in [-0.2, 0) is 19.5 Å². The summed E-state index contributed by atoms with van der Waals surface area (Å²) in [5.41, 5.74) is 4.16. The first-order valence-electron chi connectivity index (χ1n) is 11.4. The van der Waals surface area contributed by atoms with Crippen molar-refractivity contribution in [2.24, 2.45) is 5.92 Å². The molecule has 176 valence electrons. The molecule has 0 radical (unpaired) electrons. The number of nitrogens with zero attached hydrogens (tertiary/aromatic N) is 5. The summed E-state index contributed by atoms with van der Waals surface area (Å²) in [4.78, 5) is 25.1. The third-order valence-corrected chi connectivity index (χ3v) is 5.94. The lowest BCUT2D eigenvalue weighted by Gasteiger charge is -2.11. The van der Waals surface area contributed by atoms with Crippen LogP contribution in [0.4, 0.5) is 0 Å². The molecule has 9 heteroatoms. The van der Waals surface area contributed by atoms with Crippen molar-refractivity contribution in [3.63, 3.8) is 0 Å². The van der Waals surface area contributed by atoms with Crippen LogP contribution in [0.25, 0.3) is 22.5 Å². The van der Waals surface area contributed by atoms with Gasteiger partial charge < -0.3 is 5.11 Å². The molecule has 0 unspecified atom stereocenters. The Morgan fingerprint density at radius 2 is 1.76 bits per heavy atom. The Labute approximate surface area is 197 Å². The van der Waals surface area contributed by atoms with Gasteiger partial charge in [-0.3, -0.25) is 9.13 Å². The van der Waals surface area contributed by atoms with Crippen molar-refractivity contribution < 1.29 is 9.90 Å². The number of H-pyrrole nitrogens is 1. The van der Waals surface area contributed by atoms with Gasteiger partial charge >= 0.3 is 11.7 Å². The molecule has 0 bridgehead atoms. The van der Waals surface area contributed by atoms with E-state index in [1.54, 1.807) is 11.5 Å². The fourth-order valence-corrected chi connectivity index (χ4v) is 4.20. The number of nitrogens with one attached hydrogen (secondary N) is 1. The highest BCUT2D eigenvalue weighted by Gasteiger charge is 2.24. The van der Waals surface area contributed by atoms with Crippen LogP contribution in [0.1, 0.15) is 48.9 Å². The maximum absolute atomic E-state index is 13.1. The molecule has 9 nitrogen and oxygen atoms in total. The number of aromatic amines is 1. The Hall–Kier alpha value is -4.01. The fourth-order valence-electron chi connectivity index (χ4n) is 4.20. The molecule has 4 aromatic rings. The Morgan fingerprint density at radius 3 is 2.35 bits per heavy atom. The molecule has 2 N–H and O–H groups in total. The monoisotopic (exact) mass is 460 g/mol. The largest absolute Gasteiger partial charge is 0.477 e. The van der Waals surface area contributed by atoms with Crippen LogP contribution in [-0.4, -0.2) is 40.8 Å². The van der Waals surface area contributed by atoms with Crippen LogP contribution in [0.5, 0.6) is 0 Å². The topological polar surface area (TPSA) is 119 Å². The van der Waals surface area contributed by atoms with Crippen LogP contribution in [0, 0.1) is 5.92 Å². The number of carboxylic acid groups (broad SMARTS) is 1. The third kappa shape index (κ3) is 4.54. The van der Waals surface area contributed by atoms with Gasteiger partial charge in [0.05, 0.1) is 12.2 Å². The summed E-state index contributed by atoms with van der Waals surface area (Å²) >= 11 is 0. The first kappa shape index (κ1) is 23.2. The Bertz CT molecular complexity index is 1330. The van der Waals surface area contributed by atoms with Crippen molar-refractivity contribution >= 4 is 5.97 Å². The number of tetrazole rings is 1. The van der Waals surface area contributed by atoms with Gasteiger partial charge in [0.2, 0.25) is 0 Å². The minimum atomic E-state index is -1.06. The molecule has 0 spiro atoms. The van der Waals surface area contributed by atoms with Gasteiger partial charge in [-0.2, -0.15) is 0 Å². The molecule has 34 heavy (non-hydrogen) atoms. The lowest BCUT2D eigenvalue weighted by atomic mass is 9.98. The molecule has 0 aliphatic rings. The molecule has 2 heterocycles. The van der Waals surface area contributed by atoms with Gasteiger partial charge in [-0.05, 0) is 52.8 Å². The van der Waals surface area contributed by atoms with E-state index in [4.69, 9.17) is 0 Å². The van der Waals surface area contributed by atoms with E-state index in [0.29, 0.717) is 36.9 Å². The molecule has 0 aliphatic heterocycles. The molecule has 4 rings (SSSR count). The van der Waals surface area contributed by atoms with Gasteiger partial charge in [-0.25, -0.2) is 14.7 Å². The van der Waals surface area contributed by atoms with Crippen molar-refractivity contribution in [3.8, 4) is 22.5 Å². The first-order valence-corrected chi connectivity index (χ1v) is 11.4. The predicted molar refractivity (Wildman–Crippen MR) is 129 cm³/mol. The quantitative estimate of drug-likeness (QED) is 0.392. The smallest absolute Gasteiger partial charge is 0.354 e. The predicted octanol–water partition coefficient (Wildman–Crippen LogP) is 3.85. The van der Waals surface area contributed by atoms with Crippen LogP contribution < -0.4 is 5.69 Å². The van der Waals surface area contributed by atoms with E-state index in [-0.39, 0.29) is 11.4 Å². The third-order valence-electron chi connectivity index (χ3n) is 5.94. The number of carbonyl (C=O) groups is 1. The van der Waals surface area contributed by atoms with Gasteiger partial charge in [0.1, 0.15) is 0 Å². The maximum atomic E-state index is 13.1. The number of hydrogen-bond donors (Lipinski definition) is 2. The molecular formula is C25H28N6O3. The number of imidazole rings is 1. The Kier molecular flexibility index (Phi) is 6.72. The molecule has 0 amide bonds. The summed E-state index contributed by atoms with van der Waals surface area (Å²) < 4.78 is 2.96. The van der Waals surface area contributed by atoms with E-state index < -0.39 is 5.97 Å². The van der Waals surface area contributed by atoms with E-state index >= 15 is 0 Å². The normalized spacial score (nSPS) is 11.3. The standard InChI is InChI=1S/C25H28N6O3/c1-4-30-22(24(32)33)21(14-9-16(2)3)31(25(30)34)15-17-10-12-18(13-11-17)19-7-5-6-8-20(19)23-26-28-29-27-23/h5-8,10-13,16H,4,9,14-15H2,1-3H3,(H,32,33)(H,26,27,28,29).